The second-order valence-corrected chi connectivity index (χ2v) is 13.2. The summed E-state index contributed by atoms with van der Waals surface area (Å²) in [6.45, 7) is 2.75. The summed E-state index contributed by atoms with van der Waals surface area (Å²) in [5, 5.41) is 21.0. The van der Waals surface area contributed by atoms with E-state index in [9.17, 15) is 19.9 Å². The van der Waals surface area contributed by atoms with Crippen LogP contribution in [0.25, 0.3) is 0 Å². The van der Waals surface area contributed by atoms with Gasteiger partial charge in [0.2, 0.25) is 12.4 Å². The molecular formula is C37H38Cl2N3O7+. The first-order valence-corrected chi connectivity index (χ1v) is 16.8. The Labute approximate surface area is 294 Å². The van der Waals surface area contributed by atoms with Crippen molar-refractivity contribution in [3.63, 3.8) is 0 Å². The molecule has 7 rings (SSSR count). The van der Waals surface area contributed by atoms with Crippen molar-refractivity contribution in [1.29, 1.82) is 0 Å². The van der Waals surface area contributed by atoms with Crippen molar-refractivity contribution in [3.05, 3.63) is 117 Å². The minimum Gasteiger partial charge on any atom is -0.493 e. The molecule has 2 bridgehead atoms. The van der Waals surface area contributed by atoms with Gasteiger partial charge in [0, 0.05) is 28.4 Å². The lowest BCUT2D eigenvalue weighted by molar-refractivity contribution is -0.904. The number of carboxylic acid groups (broad SMARTS) is 1. The van der Waals surface area contributed by atoms with E-state index in [1.165, 1.54) is 26.6 Å². The number of anilines is 1. The first-order chi connectivity index (χ1) is 23.7. The fraction of sp³-hybridized carbons (Fsp3) is 0.324. The maximum Gasteiger partial charge on any atom is 0.414 e. The highest BCUT2D eigenvalue weighted by molar-refractivity contribution is 6.35. The van der Waals surface area contributed by atoms with E-state index in [0.717, 1.165) is 30.7 Å². The molecule has 2 atom stereocenters. The first-order valence-electron chi connectivity index (χ1n) is 16.1. The highest BCUT2D eigenvalue weighted by Crippen LogP contribution is 2.41. The molecule has 0 saturated carbocycles. The molecule has 3 aliphatic rings. The van der Waals surface area contributed by atoms with Crippen molar-refractivity contribution in [2.24, 2.45) is 5.92 Å². The average molecular weight is 708 g/mol. The average Bonchev–Trinajstić information content (AvgIpc) is 3.11. The molecule has 1 amide bonds. The molecule has 3 aliphatic heterocycles. The fourth-order valence-electron chi connectivity index (χ4n) is 7.02. The van der Waals surface area contributed by atoms with Crippen LogP contribution >= 0.6 is 23.2 Å². The number of ether oxygens (including phenoxy) is 3. The van der Waals surface area contributed by atoms with Crippen LogP contribution < -0.4 is 19.1 Å². The Morgan fingerprint density at radius 3 is 2.27 bits per heavy atom. The molecule has 2 N–H and O–H groups in total. The summed E-state index contributed by atoms with van der Waals surface area (Å²) in [6, 6.07) is 19.6. The molecule has 0 spiro atoms. The van der Waals surface area contributed by atoms with E-state index in [4.69, 9.17) is 37.4 Å². The summed E-state index contributed by atoms with van der Waals surface area (Å²) in [5.74, 6) is -0.529. The van der Waals surface area contributed by atoms with Gasteiger partial charge in [-0.3, -0.25) is 15.0 Å². The van der Waals surface area contributed by atoms with E-state index in [-0.39, 0.29) is 34.7 Å². The van der Waals surface area contributed by atoms with Gasteiger partial charge >= 0.3 is 12.1 Å². The summed E-state index contributed by atoms with van der Waals surface area (Å²) in [6.07, 6.45) is 4.05. The van der Waals surface area contributed by atoms with Gasteiger partial charge in [-0.2, -0.15) is 0 Å². The molecule has 0 radical (unpaired) electrons. The number of benzene rings is 3. The lowest BCUT2D eigenvalue weighted by atomic mass is 9.80. The number of amides is 1. The third-order valence-electron chi connectivity index (χ3n) is 9.53. The Morgan fingerprint density at radius 2 is 1.65 bits per heavy atom. The minimum absolute atomic E-state index is 0.0249. The van der Waals surface area contributed by atoms with Gasteiger partial charge < -0.3 is 19.3 Å². The van der Waals surface area contributed by atoms with Crippen molar-refractivity contribution in [3.8, 4) is 11.5 Å². The Hall–Kier alpha value is -4.51. The third kappa shape index (κ3) is 7.41. The summed E-state index contributed by atoms with van der Waals surface area (Å²) in [5.41, 5.74) is 2.92. The number of aromatic nitrogens is 1. The predicted molar refractivity (Wildman–Crippen MR) is 184 cm³/mol. The van der Waals surface area contributed by atoms with Crippen LogP contribution in [0.4, 0.5) is 10.5 Å². The van der Waals surface area contributed by atoms with Gasteiger partial charge in [-0.25, -0.2) is 9.59 Å². The smallest absolute Gasteiger partial charge is 0.414 e. The Morgan fingerprint density at radius 1 is 0.959 bits per heavy atom. The number of para-hydroxylation sites is 1. The van der Waals surface area contributed by atoms with Crippen LogP contribution in [0.3, 0.4) is 0 Å². The van der Waals surface area contributed by atoms with Gasteiger partial charge in [0.1, 0.15) is 16.1 Å². The van der Waals surface area contributed by atoms with Crippen LogP contribution in [-0.2, 0) is 17.7 Å². The number of piperidine rings is 3. The zero-order valence-corrected chi connectivity index (χ0v) is 28.7. The number of nitrogens with zero attached hydrogens (tertiary/aromatic N) is 3. The molecule has 0 unspecified atom stereocenters. The summed E-state index contributed by atoms with van der Waals surface area (Å²) < 4.78 is 18.1. The van der Waals surface area contributed by atoms with Crippen LogP contribution in [0.15, 0.2) is 79.1 Å². The first kappa shape index (κ1) is 34.4. The topological polar surface area (TPSA) is 113 Å². The van der Waals surface area contributed by atoms with Gasteiger partial charge in [-0.1, -0.05) is 59.6 Å². The van der Waals surface area contributed by atoms with Crippen LogP contribution in [-0.4, -0.2) is 67.2 Å². The van der Waals surface area contributed by atoms with Crippen LogP contribution in [0.1, 0.15) is 51.4 Å². The molecule has 49 heavy (non-hydrogen) atoms. The molecule has 3 aromatic carbocycles. The van der Waals surface area contributed by atoms with Gasteiger partial charge in [0.25, 0.3) is 0 Å². The van der Waals surface area contributed by atoms with Gasteiger partial charge in [0.05, 0.1) is 26.3 Å². The molecular weight excluding hydrogens is 669 g/mol. The number of pyridine rings is 1. The van der Waals surface area contributed by atoms with E-state index < -0.39 is 18.0 Å². The quantitative estimate of drug-likeness (QED) is 0.129. The fourth-order valence-corrected chi connectivity index (χ4v) is 7.63. The number of fused-ring (bicyclic) bond motifs is 3. The minimum atomic E-state index is -1.14. The zero-order valence-electron chi connectivity index (χ0n) is 27.2. The van der Waals surface area contributed by atoms with Crippen molar-refractivity contribution < 1.29 is 38.8 Å². The zero-order chi connectivity index (χ0) is 34.7. The largest absolute Gasteiger partial charge is 0.493 e. The number of carboxylic acids is 1. The lowest BCUT2D eigenvalue weighted by Gasteiger charge is -2.44. The normalized spacial score (nSPS) is 18.8. The SMILES string of the molecule is COc1ccc([C@H](Cc2c(Cl)c[n+](O)cc2Cl)c2c(CN(C(=O)O[C@H]3CN4CCC3CC4)c3ccccc3)cccc2C(=O)O)cc1OC. The highest BCUT2D eigenvalue weighted by atomic mass is 35.5. The highest BCUT2D eigenvalue weighted by Gasteiger charge is 2.38. The van der Waals surface area contributed by atoms with E-state index in [1.54, 1.807) is 29.2 Å². The maximum atomic E-state index is 14.1. The second-order valence-electron chi connectivity index (χ2n) is 12.3. The monoisotopic (exact) mass is 706 g/mol. The number of rotatable bonds is 11. The summed E-state index contributed by atoms with van der Waals surface area (Å²) in [4.78, 5) is 30.9. The second kappa shape index (κ2) is 14.9. The Bertz CT molecular complexity index is 1810. The third-order valence-corrected chi connectivity index (χ3v) is 10.2. The molecule has 0 aliphatic carbocycles. The van der Waals surface area contributed by atoms with Crippen molar-refractivity contribution >= 4 is 41.0 Å². The summed E-state index contributed by atoms with van der Waals surface area (Å²) in [7, 11) is 3.06. The predicted octanol–water partition coefficient (Wildman–Crippen LogP) is 6.85. The molecule has 4 heterocycles. The van der Waals surface area contributed by atoms with Crippen LogP contribution in [0.5, 0.6) is 11.5 Å². The molecule has 12 heteroatoms. The van der Waals surface area contributed by atoms with E-state index in [2.05, 4.69) is 4.90 Å². The van der Waals surface area contributed by atoms with Crippen molar-refractivity contribution in [1.82, 2.24) is 4.90 Å². The number of carbonyl (C=O) groups excluding carboxylic acids is 1. The van der Waals surface area contributed by atoms with Gasteiger partial charge in [-0.15, -0.1) is 0 Å². The van der Waals surface area contributed by atoms with E-state index in [0.29, 0.717) is 51.9 Å². The number of hydrogen-bond acceptors (Lipinski definition) is 7. The molecule has 10 nitrogen and oxygen atoms in total. The van der Waals surface area contributed by atoms with Gasteiger partial charge in [0.15, 0.2) is 11.5 Å². The van der Waals surface area contributed by atoms with Crippen molar-refractivity contribution in [2.45, 2.75) is 37.8 Å². The molecule has 256 valence electrons. The molecule has 3 fully saturated rings. The van der Waals surface area contributed by atoms with Crippen molar-refractivity contribution in [2.75, 3.05) is 38.8 Å². The number of hydrogen-bond donors (Lipinski definition) is 2. The van der Waals surface area contributed by atoms with E-state index >= 15 is 0 Å². The van der Waals surface area contributed by atoms with Gasteiger partial charge in [-0.05, 0) is 85.3 Å². The standard InChI is InChI=1S/C37H37Cl2N3O7/c1-47-32-12-11-24(17-33(32)48-2)28(18-29-30(38)20-41(46)21-31(29)39)35-25(7-6-10-27(35)36(43)44)19-42(26-8-4-3-5-9-26)37(45)49-34-22-40-15-13-23(34)14-16-40/h3-12,17,20-21,23,28,34H,13-16,18-19,22H2,1-2H3,(H-,43,44,46)/p+1/t28-,34-/m0/s1. The Kier molecular flexibility index (Phi) is 10.5. The number of halogens is 2. The summed E-state index contributed by atoms with van der Waals surface area (Å²) >= 11 is 13.3. The van der Waals surface area contributed by atoms with Crippen LogP contribution in [0, 0.1) is 5.92 Å². The number of aromatic carboxylic acids is 1. The maximum absolute atomic E-state index is 14.1. The number of methoxy groups -OCH3 is 2. The molecule has 1 aromatic heterocycles. The Balaban J connectivity index is 1.48. The van der Waals surface area contributed by atoms with E-state index in [1.807, 2.05) is 42.5 Å². The molecule has 4 aromatic rings. The molecule has 3 saturated heterocycles. The van der Waals surface area contributed by atoms with Crippen LogP contribution in [0.2, 0.25) is 10.0 Å². The lowest BCUT2D eigenvalue weighted by Crippen LogP contribution is -2.53. The number of carbonyl (C=O) groups is 2.